The average molecular weight is 302 g/mol. The maximum Gasteiger partial charge on any atom is 0.419 e. The van der Waals surface area contributed by atoms with Crippen LogP contribution in [0.2, 0.25) is 0 Å². The van der Waals surface area contributed by atoms with Gasteiger partial charge in [-0.3, -0.25) is 9.36 Å². The summed E-state index contributed by atoms with van der Waals surface area (Å²) in [6, 6.07) is 5.71. The molecule has 0 radical (unpaired) electrons. The number of hydrogen-bond donors (Lipinski definition) is 1. The van der Waals surface area contributed by atoms with Gasteiger partial charge in [0.1, 0.15) is 0 Å². The Morgan fingerprint density at radius 3 is 2.86 bits per heavy atom. The first-order valence-electron chi connectivity index (χ1n) is 8.01. The summed E-state index contributed by atoms with van der Waals surface area (Å²) in [5.74, 6) is 0.0418. The van der Waals surface area contributed by atoms with Gasteiger partial charge in [0.05, 0.1) is 5.52 Å². The van der Waals surface area contributed by atoms with Gasteiger partial charge in [-0.15, -0.1) is 0 Å². The van der Waals surface area contributed by atoms with E-state index in [9.17, 15) is 9.59 Å². The highest BCUT2D eigenvalue weighted by Crippen LogP contribution is 2.23. The Labute approximate surface area is 129 Å². The second-order valence-electron chi connectivity index (χ2n) is 6.11. The van der Waals surface area contributed by atoms with Gasteiger partial charge in [-0.2, -0.15) is 0 Å². The molecule has 1 aliphatic rings. The molecule has 1 N–H and O–H groups in total. The lowest BCUT2D eigenvalue weighted by Crippen LogP contribution is -2.33. The van der Waals surface area contributed by atoms with Gasteiger partial charge < -0.3 is 9.73 Å². The molecule has 0 saturated heterocycles. The molecule has 3 rings (SSSR count). The molecule has 1 amide bonds. The van der Waals surface area contributed by atoms with Gasteiger partial charge in [0.2, 0.25) is 5.91 Å². The van der Waals surface area contributed by atoms with Gasteiger partial charge in [-0.25, -0.2) is 4.79 Å². The zero-order valence-corrected chi connectivity index (χ0v) is 12.9. The summed E-state index contributed by atoms with van der Waals surface area (Å²) in [6.45, 7) is 0.632. The first-order valence-corrected chi connectivity index (χ1v) is 8.01. The summed E-state index contributed by atoms with van der Waals surface area (Å²) >= 11 is 0. The number of amides is 1. The molecule has 0 aliphatic heterocycles. The first-order chi connectivity index (χ1) is 10.6. The van der Waals surface area contributed by atoms with E-state index >= 15 is 0 Å². The van der Waals surface area contributed by atoms with Crippen LogP contribution in [0.1, 0.15) is 37.7 Å². The molecule has 1 saturated carbocycles. The Morgan fingerprint density at radius 2 is 2.09 bits per heavy atom. The molecular weight excluding hydrogens is 280 g/mol. The molecule has 1 aromatic carbocycles. The molecule has 118 valence electrons. The Kier molecular flexibility index (Phi) is 4.32. The van der Waals surface area contributed by atoms with E-state index in [1.54, 1.807) is 7.05 Å². The number of aromatic nitrogens is 1. The molecule has 1 aromatic heterocycles. The van der Waals surface area contributed by atoms with Crippen molar-refractivity contribution < 1.29 is 9.21 Å². The zero-order valence-electron chi connectivity index (χ0n) is 12.9. The number of nitrogens with zero attached hydrogens (tertiary/aromatic N) is 1. The molecule has 5 nitrogen and oxygen atoms in total. The van der Waals surface area contributed by atoms with E-state index in [0.29, 0.717) is 12.1 Å². The van der Waals surface area contributed by atoms with Crippen LogP contribution < -0.4 is 11.1 Å². The van der Waals surface area contributed by atoms with Crippen LogP contribution in [0, 0.1) is 5.92 Å². The lowest BCUT2D eigenvalue weighted by molar-refractivity contribution is -0.125. The highest BCUT2D eigenvalue weighted by atomic mass is 16.4. The normalized spacial score (nSPS) is 16.0. The van der Waals surface area contributed by atoms with E-state index < -0.39 is 0 Å². The fourth-order valence-corrected chi connectivity index (χ4v) is 3.17. The Morgan fingerprint density at radius 1 is 1.32 bits per heavy atom. The van der Waals surface area contributed by atoms with Crippen LogP contribution in [0.3, 0.4) is 0 Å². The van der Waals surface area contributed by atoms with Crippen molar-refractivity contribution >= 4 is 17.0 Å². The number of oxazole rings is 1. The van der Waals surface area contributed by atoms with Crippen LogP contribution in [-0.4, -0.2) is 17.0 Å². The summed E-state index contributed by atoms with van der Waals surface area (Å²) in [7, 11) is 1.70. The fourth-order valence-electron chi connectivity index (χ4n) is 3.17. The molecule has 1 heterocycles. The standard InChI is InChI=1S/C17H22N2O3/c1-19-14-11-12(7-8-15(14)22-17(19)21)9-10-18-16(20)13-5-3-2-4-6-13/h7-8,11,13H,2-6,9-10H2,1H3,(H,18,20). The quantitative estimate of drug-likeness (QED) is 0.943. The minimum Gasteiger partial charge on any atom is -0.408 e. The van der Waals surface area contributed by atoms with Crippen molar-refractivity contribution in [3.05, 3.63) is 34.3 Å². The van der Waals surface area contributed by atoms with Crippen molar-refractivity contribution in [2.45, 2.75) is 38.5 Å². The van der Waals surface area contributed by atoms with Crippen molar-refractivity contribution in [2.24, 2.45) is 13.0 Å². The van der Waals surface area contributed by atoms with Crippen molar-refractivity contribution in [1.29, 1.82) is 0 Å². The van der Waals surface area contributed by atoms with E-state index in [2.05, 4.69) is 5.32 Å². The van der Waals surface area contributed by atoms with Gasteiger partial charge >= 0.3 is 5.76 Å². The van der Waals surface area contributed by atoms with Crippen LogP contribution in [0.5, 0.6) is 0 Å². The fraction of sp³-hybridized carbons (Fsp3) is 0.529. The third-order valence-electron chi connectivity index (χ3n) is 4.54. The Bertz CT molecular complexity index is 723. The minimum atomic E-state index is -0.349. The topological polar surface area (TPSA) is 64.2 Å². The number of benzene rings is 1. The number of rotatable bonds is 4. The van der Waals surface area contributed by atoms with Crippen LogP contribution in [0.25, 0.3) is 11.1 Å². The molecular formula is C17H22N2O3. The smallest absolute Gasteiger partial charge is 0.408 e. The second-order valence-corrected chi connectivity index (χ2v) is 6.11. The monoisotopic (exact) mass is 302 g/mol. The van der Waals surface area contributed by atoms with Crippen molar-refractivity contribution in [2.75, 3.05) is 6.54 Å². The lowest BCUT2D eigenvalue weighted by Gasteiger charge is -2.20. The third kappa shape index (κ3) is 3.08. The van der Waals surface area contributed by atoms with Crippen LogP contribution in [0.4, 0.5) is 0 Å². The molecule has 0 unspecified atom stereocenters. The van der Waals surface area contributed by atoms with Crippen molar-refractivity contribution in [3.8, 4) is 0 Å². The van der Waals surface area contributed by atoms with E-state index in [-0.39, 0.29) is 17.6 Å². The van der Waals surface area contributed by atoms with Gasteiger partial charge in [-0.05, 0) is 37.0 Å². The first kappa shape index (κ1) is 14.9. The summed E-state index contributed by atoms with van der Waals surface area (Å²) in [5.41, 5.74) is 2.48. The Balaban J connectivity index is 1.58. The van der Waals surface area contributed by atoms with E-state index in [1.165, 1.54) is 23.8 Å². The van der Waals surface area contributed by atoms with Gasteiger partial charge in [0.25, 0.3) is 0 Å². The Hall–Kier alpha value is -2.04. The lowest BCUT2D eigenvalue weighted by atomic mass is 9.88. The molecule has 0 bridgehead atoms. The van der Waals surface area contributed by atoms with E-state index in [1.807, 2.05) is 18.2 Å². The molecule has 22 heavy (non-hydrogen) atoms. The third-order valence-corrected chi connectivity index (χ3v) is 4.54. The maximum atomic E-state index is 12.1. The average Bonchev–Trinajstić information content (AvgIpc) is 2.83. The number of carbonyl (C=O) groups is 1. The van der Waals surface area contributed by atoms with Gasteiger partial charge in [0, 0.05) is 19.5 Å². The van der Waals surface area contributed by atoms with Crippen LogP contribution in [-0.2, 0) is 18.3 Å². The highest BCUT2D eigenvalue weighted by Gasteiger charge is 2.20. The van der Waals surface area contributed by atoms with Gasteiger partial charge in [0.15, 0.2) is 5.58 Å². The summed E-state index contributed by atoms with van der Waals surface area (Å²) in [5, 5.41) is 3.04. The predicted molar refractivity (Wildman–Crippen MR) is 84.7 cm³/mol. The van der Waals surface area contributed by atoms with E-state index in [4.69, 9.17) is 4.42 Å². The summed E-state index contributed by atoms with van der Waals surface area (Å²) < 4.78 is 6.61. The van der Waals surface area contributed by atoms with Crippen LogP contribution >= 0.6 is 0 Å². The number of nitrogens with one attached hydrogen (secondary N) is 1. The second kappa shape index (κ2) is 6.38. The van der Waals surface area contributed by atoms with Crippen molar-refractivity contribution in [3.63, 3.8) is 0 Å². The number of hydrogen-bond acceptors (Lipinski definition) is 3. The SMILES string of the molecule is Cn1c(=O)oc2ccc(CCNC(=O)C3CCCCC3)cc21. The molecule has 0 spiro atoms. The summed E-state index contributed by atoms with van der Waals surface area (Å²) in [4.78, 5) is 23.6. The zero-order chi connectivity index (χ0) is 15.5. The largest absolute Gasteiger partial charge is 0.419 e. The van der Waals surface area contributed by atoms with Crippen molar-refractivity contribution in [1.82, 2.24) is 9.88 Å². The molecule has 1 aliphatic carbocycles. The number of fused-ring (bicyclic) bond motifs is 1. The molecule has 2 aromatic rings. The highest BCUT2D eigenvalue weighted by molar-refractivity contribution is 5.78. The number of carbonyl (C=O) groups excluding carboxylic acids is 1. The molecule has 0 atom stereocenters. The number of aryl methyl sites for hydroxylation is 1. The molecule has 5 heteroatoms. The maximum absolute atomic E-state index is 12.1. The predicted octanol–water partition coefficient (Wildman–Crippen LogP) is 2.37. The minimum absolute atomic E-state index is 0.191. The van der Waals surface area contributed by atoms with Crippen LogP contribution in [0.15, 0.2) is 27.4 Å². The van der Waals surface area contributed by atoms with E-state index in [0.717, 1.165) is 30.3 Å². The van der Waals surface area contributed by atoms with Gasteiger partial charge in [-0.1, -0.05) is 25.3 Å². The summed E-state index contributed by atoms with van der Waals surface area (Å²) in [6.07, 6.45) is 6.40. The molecule has 1 fully saturated rings.